The Balaban J connectivity index is 1.53. The third kappa shape index (κ3) is 2.65. The molecule has 6 nitrogen and oxygen atoms in total. The summed E-state index contributed by atoms with van der Waals surface area (Å²) in [4.78, 5) is 32.2. The second-order valence-corrected chi connectivity index (χ2v) is 7.05. The molecule has 0 radical (unpaired) electrons. The molecule has 3 heterocycles. The van der Waals surface area contributed by atoms with Crippen LogP contribution in [0.5, 0.6) is 0 Å². The molecule has 1 aromatic carbocycles. The number of carbonyl (C=O) groups excluding carboxylic acids is 2. The molecule has 7 heteroatoms. The molecule has 0 spiro atoms. The van der Waals surface area contributed by atoms with Gasteiger partial charge in [0.05, 0.1) is 28.1 Å². The van der Waals surface area contributed by atoms with Crippen LogP contribution >= 0.6 is 11.6 Å². The summed E-state index contributed by atoms with van der Waals surface area (Å²) in [6, 6.07) is 7.41. The maximum absolute atomic E-state index is 12.1. The van der Waals surface area contributed by atoms with Crippen molar-refractivity contribution in [1.29, 1.82) is 0 Å². The number of likely N-dealkylation sites (tertiary alicyclic amines) is 2. The van der Waals surface area contributed by atoms with Crippen molar-refractivity contribution in [2.45, 2.75) is 13.5 Å². The van der Waals surface area contributed by atoms with Crippen molar-refractivity contribution >= 4 is 23.4 Å². The molecule has 2 aliphatic heterocycles. The van der Waals surface area contributed by atoms with Gasteiger partial charge in [0, 0.05) is 26.7 Å². The smallest absolute Gasteiger partial charge is 0.234 e. The van der Waals surface area contributed by atoms with Crippen molar-refractivity contribution in [2.75, 3.05) is 20.1 Å². The molecule has 130 valence electrons. The Hall–Kier alpha value is -2.18. The Morgan fingerprint density at radius 2 is 1.84 bits per heavy atom. The van der Waals surface area contributed by atoms with Gasteiger partial charge in [0.15, 0.2) is 0 Å². The first-order valence-corrected chi connectivity index (χ1v) is 8.58. The van der Waals surface area contributed by atoms with Crippen LogP contribution in [-0.4, -0.2) is 46.7 Å². The van der Waals surface area contributed by atoms with Crippen LogP contribution in [0, 0.1) is 18.8 Å². The summed E-state index contributed by atoms with van der Waals surface area (Å²) in [6.07, 6.45) is 0. The highest BCUT2D eigenvalue weighted by Crippen LogP contribution is 2.34. The van der Waals surface area contributed by atoms with Crippen LogP contribution in [0.15, 0.2) is 28.7 Å². The number of rotatable bonds is 3. The Bertz CT molecular complexity index is 839. The maximum Gasteiger partial charge on any atom is 0.234 e. The van der Waals surface area contributed by atoms with Gasteiger partial charge in [-0.25, -0.2) is 4.98 Å². The second-order valence-electron chi connectivity index (χ2n) is 6.64. The van der Waals surface area contributed by atoms with Crippen LogP contribution in [0.3, 0.4) is 0 Å². The van der Waals surface area contributed by atoms with Crippen molar-refractivity contribution in [2.24, 2.45) is 11.8 Å². The van der Waals surface area contributed by atoms with E-state index in [0.717, 1.165) is 17.0 Å². The molecule has 0 bridgehead atoms. The van der Waals surface area contributed by atoms with Gasteiger partial charge in [0.25, 0.3) is 0 Å². The van der Waals surface area contributed by atoms with Gasteiger partial charge >= 0.3 is 0 Å². The van der Waals surface area contributed by atoms with Gasteiger partial charge in [0.1, 0.15) is 5.76 Å². The standard InChI is InChI=1S/C18H18ClN3O3/c1-10-15(20-16(25-10)11-5-3-4-6-14(11)19)9-22-7-12-13(8-22)18(24)21(2)17(12)23/h3-6,12-13H,7-9H2,1-2H3/t12-,13+. The van der Waals surface area contributed by atoms with Crippen molar-refractivity contribution in [3.63, 3.8) is 0 Å². The first-order chi connectivity index (χ1) is 12.0. The molecule has 2 aromatic rings. The number of amides is 2. The van der Waals surface area contributed by atoms with Gasteiger partial charge < -0.3 is 4.42 Å². The molecule has 2 fully saturated rings. The van der Waals surface area contributed by atoms with Gasteiger partial charge in [-0.1, -0.05) is 23.7 Å². The number of hydrogen-bond donors (Lipinski definition) is 0. The number of hydrogen-bond acceptors (Lipinski definition) is 5. The van der Waals surface area contributed by atoms with Crippen LogP contribution in [0.25, 0.3) is 11.5 Å². The average molecular weight is 360 g/mol. The van der Waals surface area contributed by atoms with E-state index in [1.807, 2.05) is 25.1 Å². The van der Waals surface area contributed by atoms with Crippen LogP contribution in [-0.2, 0) is 16.1 Å². The van der Waals surface area contributed by atoms with Crippen molar-refractivity contribution < 1.29 is 14.0 Å². The molecule has 0 saturated carbocycles. The quantitative estimate of drug-likeness (QED) is 0.787. The van der Waals surface area contributed by atoms with Crippen LogP contribution in [0.2, 0.25) is 5.02 Å². The first kappa shape index (κ1) is 16.3. The van der Waals surface area contributed by atoms with Crippen molar-refractivity contribution in [3.8, 4) is 11.5 Å². The van der Waals surface area contributed by atoms with E-state index in [-0.39, 0.29) is 23.7 Å². The Morgan fingerprint density at radius 1 is 1.20 bits per heavy atom. The SMILES string of the molecule is Cc1oc(-c2ccccc2Cl)nc1CN1C[C@@H]2C(=O)N(C)C(=O)[C@@H]2C1. The highest BCUT2D eigenvalue weighted by molar-refractivity contribution is 6.33. The lowest BCUT2D eigenvalue weighted by molar-refractivity contribution is -0.138. The summed E-state index contributed by atoms with van der Waals surface area (Å²) in [5.74, 6) is 0.601. The number of nitrogens with zero attached hydrogens (tertiary/aromatic N) is 3. The minimum Gasteiger partial charge on any atom is -0.441 e. The zero-order chi connectivity index (χ0) is 17.7. The van der Waals surface area contributed by atoms with E-state index in [0.29, 0.717) is 30.5 Å². The second kappa shape index (κ2) is 5.97. The van der Waals surface area contributed by atoms with Gasteiger partial charge in [-0.3, -0.25) is 19.4 Å². The van der Waals surface area contributed by atoms with E-state index in [1.165, 1.54) is 4.90 Å². The molecule has 0 N–H and O–H groups in total. The monoisotopic (exact) mass is 359 g/mol. The Morgan fingerprint density at radius 3 is 2.48 bits per heavy atom. The van der Waals surface area contributed by atoms with Crippen LogP contribution in [0.1, 0.15) is 11.5 Å². The van der Waals surface area contributed by atoms with E-state index < -0.39 is 0 Å². The summed E-state index contributed by atoms with van der Waals surface area (Å²) in [5, 5.41) is 0.588. The third-order valence-corrected chi connectivity index (χ3v) is 5.39. The molecule has 2 amide bonds. The minimum atomic E-state index is -0.229. The normalized spacial score (nSPS) is 23.6. The number of aryl methyl sites for hydroxylation is 1. The largest absolute Gasteiger partial charge is 0.441 e. The Kier molecular flexibility index (Phi) is 3.89. The summed E-state index contributed by atoms with van der Waals surface area (Å²) in [6.45, 7) is 3.57. The third-order valence-electron chi connectivity index (χ3n) is 5.06. The van der Waals surface area contributed by atoms with E-state index in [4.69, 9.17) is 16.0 Å². The van der Waals surface area contributed by atoms with Gasteiger partial charge in [0.2, 0.25) is 17.7 Å². The lowest BCUT2D eigenvalue weighted by atomic mass is 10.00. The number of imide groups is 1. The number of benzene rings is 1. The molecule has 2 aliphatic rings. The molecule has 25 heavy (non-hydrogen) atoms. The predicted molar refractivity (Wildman–Crippen MR) is 91.7 cm³/mol. The fourth-order valence-corrected chi connectivity index (χ4v) is 3.87. The topological polar surface area (TPSA) is 66.7 Å². The van der Waals surface area contributed by atoms with E-state index in [1.54, 1.807) is 13.1 Å². The lowest BCUT2D eigenvalue weighted by Crippen LogP contribution is -2.33. The average Bonchev–Trinajstić information content (AvgIpc) is 3.22. The molecule has 4 rings (SSSR count). The number of aromatic nitrogens is 1. The number of oxazole rings is 1. The van der Waals surface area contributed by atoms with Crippen LogP contribution in [0.4, 0.5) is 0 Å². The van der Waals surface area contributed by atoms with Crippen LogP contribution < -0.4 is 0 Å². The number of carbonyl (C=O) groups is 2. The molecule has 2 atom stereocenters. The van der Waals surface area contributed by atoms with E-state index in [2.05, 4.69) is 9.88 Å². The maximum atomic E-state index is 12.1. The molecule has 0 unspecified atom stereocenters. The van der Waals surface area contributed by atoms with E-state index >= 15 is 0 Å². The van der Waals surface area contributed by atoms with Gasteiger partial charge in [-0.05, 0) is 19.1 Å². The zero-order valence-corrected chi connectivity index (χ0v) is 14.8. The van der Waals surface area contributed by atoms with Gasteiger partial charge in [-0.15, -0.1) is 0 Å². The zero-order valence-electron chi connectivity index (χ0n) is 14.0. The number of fused-ring (bicyclic) bond motifs is 1. The molecule has 2 saturated heterocycles. The molecule has 0 aliphatic carbocycles. The van der Waals surface area contributed by atoms with E-state index in [9.17, 15) is 9.59 Å². The summed E-state index contributed by atoms with van der Waals surface area (Å²) in [5.41, 5.74) is 1.56. The molecule has 1 aromatic heterocycles. The van der Waals surface area contributed by atoms with Crippen molar-refractivity contribution in [1.82, 2.24) is 14.8 Å². The summed E-state index contributed by atoms with van der Waals surface area (Å²) < 4.78 is 5.78. The highest BCUT2D eigenvalue weighted by atomic mass is 35.5. The predicted octanol–water partition coefficient (Wildman–Crippen LogP) is 2.35. The molecular formula is C18H18ClN3O3. The Labute approximate surface area is 150 Å². The highest BCUT2D eigenvalue weighted by Gasteiger charge is 2.50. The molecular weight excluding hydrogens is 342 g/mol. The van der Waals surface area contributed by atoms with Gasteiger partial charge in [-0.2, -0.15) is 0 Å². The van der Waals surface area contributed by atoms with Crippen molar-refractivity contribution in [3.05, 3.63) is 40.7 Å². The number of halogens is 1. The minimum absolute atomic E-state index is 0.0777. The fourth-order valence-electron chi connectivity index (χ4n) is 3.66. The lowest BCUT2D eigenvalue weighted by Gasteiger charge is -2.17. The summed E-state index contributed by atoms with van der Waals surface area (Å²) in [7, 11) is 1.56. The first-order valence-electron chi connectivity index (χ1n) is 8.20. The summed E-state index contributed by atoms with van der Waals surface area (Å²) >= 11 is 6.21. The fraction of sp³-hybridized carbons (Fsp3) is 0.389.